The molecule has 0 radical (unpaired) electrons. The predicted molar refractivity (Wildman–Crippen MR) is 64.7 cm³/mol. The van der Waals surface area contributed by atoms with E-state index in [1.54, 1.807) is 0 Å². The maximum absolute atomic E-state index is 11.5. The molecule has 0 atom stereocenters. The van der Waals surface area contributed by atoms with Crippen molar-refractivity contribution in [1.82, 2.24) is 5.32 Å². The van der Waals surface area contributed by atoms with Crippen molar-refractivity contribution in [3.63, 3.8) is 0 Å². The summed E-state index contributed by atoms with van der Waals surface area (Å²) >= 11 is 0. The van der Waals surface area contributed by atoms with Gasteiger partial charge in [-0.2, -0.15) is 0 Å². The molecule has 4 heteroatoms. The third kappa shape index (κ3) is 2.92. The van der Waals surface area contributed by atoms with Crippen LogP contribution in [0.15, 0.2) is 0 Å². The molecule has 0 bridgehead atoms. The van der Waals surface area contributed by atoms with Gasteiger partial charge in [-0.1, -0.05) is 0 Å². The molecule has 0 aromatic rings. The summed E-state index contributed by atoms with van der Waals surface area (Å²) in [6, 6.07) is 0. The number of hydrogen-bond donors (Lipinski definition) is 2. The van der Waals surface area contributed by atoms with Crippen molar-refractivity contribution in [3.8, 4) is 0 Å². The molecule has 1 amide bonds. The Morgan fingerprint density at radius 2 is 1.94 bits per heavy atom. The molecule has 0 aromatic carbocycles. The standard InChI is InChI=1S/C13H23NO3/c1-11(2,3)17-10(16)14-8-13(9-15)6-12(7-13)4-5-12/h15H,4-9H2,1-3H3,(H,14,16). The highest BCUT2D eigenvalue weighted by Crippen LogP contribution is 2.68. The Morgan fingerprint density at radius 3 is 2.35 bits per heavy atom. The van der Waals surface area contributed by atoms with Crippen molar-refractivity contribution in [2.24, 2.45) is 10.8 Å². The van der Waals surface area contributed by atoms with Crippen molar-refractivity contribution in [2.75, 3.05) is 13.2 Å². The second-order valence-electron chi connectivity index (χ2n) is 6.87. The van der Waals surface area contributed by atoms with Crippen LogP contribution in [-0.2, 0) is 4.74 Å². The van der Waals surface area contributed by atoms with Gasteiger partial charge in [-0.3, -0.25) is 0 Å². The summed E-state index contributed by atoms with van der Waals surface area (Å²) in [6.45, 7) is 6.22. The first-order valence-corrected chi connectivity index (χ1v) is 6.36. The van der Waals surface area contributed by atoms with Crippen molar-refractivity contribution in [2.45, 2.75) is 52.1 Å². The summed E-state index contributed by atoms with van der Waals surface area (Å²) in [6.07, 6.45) is 4.29. The van der Waals surface area contributed by atoms with Crippen LogP contribution < -0.4 is 5.32 Å². The number of alkyl carbamates (subject to hydrolysis) is 1. The normalized spacial score (nSPS) is 24.0. The molecule has 2 N–H and O–H groups in total. The Balaban J connectivity index is 1.75. The molecule has 2 fully saturated rings. The third-order valence-corrected chi connectivity index (χ3v) is 3.80. The molecule has 1 spiro atoms. The fourth-order valence-corrected chi connectivity index (χ4v) is 2.94. The van der Waals surface area contributed by atoms with E-state index < -0.39 is 5.60 Å². The average molecular weight is 241 g/mol. The minimum Gasteiger partial charge on any atom is -0.444 e. The number of hydrogen-bond acceptors (Lipinski definition) is 3. The Hall–Kier alpha value is -0.770. The van der Waals surface area contributed by atoms with Gasteiger partial charge in [0.15, 0.2) is 0 Å². The van der Waals surface area contributed by atoms with Crippen LogP contribution in [0.25, 0.3) is 0 Å². The van der Waals surface area contributed by atoms with Gasteiger partial charge in [0.25, 0.3) is 0 Å². The number of rotatable bonds is 3. The molecule has 2 aliphatic carbocycles. The van der Waals surface area contributed by atoms with Gasteiger partial charge in [0.05, 0.1) is 6.61 Å². The maximum atomic E-state index is 11.5. The van der Waals surface area contributed by atoms with E-state index in [4.69, 9.17) is 4.74 Å². The van der Waals surface area contributed by atoms with Gasteiger partial charge >= 0.3 is 6.09 Å². The lowest BCUT2D eigenvalue weighted by Crippen LogP contribution is -2.50. The van der Waals surface area contributed by atoms with E-state index in [0.29, 0.717) is 12.0 Å². The SMILES string of the molecule is CC(C)(C)OC(=O)NCC1(CO)CC2(CC2)C1. The van der Waals surface area contributed by atoms with Gasteiger partial charge in [0.1, 0.15) is 5.60 Å². The average Bonchev–Trinajstić information content (AvgIpc) is 2.89. The van der Waals surface area contributed by atoms with Crippen LogP contribution in [0.5, 0.6) is 0 Å². The molecule has 2 saturated carbocycles. The topological polar surface area (TPSA) is 58.6 Å². The fraction of sp³-hybridized carbons (Fsp3) is 0.923. The van der Waals surface area contributed by atoms with Crippen LogP contribution in [0.2, 0.25) is 0 Å². The lowest BCUT2D eigenvalue weighted by molar-refractivity contribution is -0.0214. The quantitative estimate of drug-likeness (QED) is 0.795. The first-order chi connectivity index (χ1) is 7.78. The molecule has 2 aliphatic rings. The lowest BCUT2D eigenvalue weighted by Gasteiger charge is -2.47. The zero-order valence-electron chi connectivity index (χ0n) is 11.0. The van der Waals surface area contributed by atoms with Gasteiger partial charge in [-0.05, 0) is 51.9 Å². The molecule has 0 aliphatic heterocycles. The first-order valence-electron chi connectivity index (χ1n) is 6.36. The van der Waals surface area contributed by atoms with Crippen LogP contribution in [-0.4, -0.2) is 30.0 Å². The smallest absolute Gasteiger partial charge is 0.407 e. The van der Waals surface area contributed by atoms with E-state index >= 15 is 0 Å². The van der Waals surface area contributed by atoms with Gasteiger partial charge < -0.3 is 15.2 Å². The van der Waals surface area contributed by atoms with Gasteiger partial charge in [0.2, 0.25) is 0 Å². The molecule has 17 heavy (non-hydrogen) atoms. The fourth-order valence-electron chi connectivity index (χ4n) is 2.94. The monoisotopic (exact) mass is 241 g/mol. The van der Waals surface area contributed by atoms with E-state index in [-0.39, 0.29) is 18.1 Å². The Morgan fingerprint density at radius 1 is 1.35 bits per heavy atom. The van der Waals surface area contributed by atoms with Crippen molar-refractivity contribution in [3.05, 3.63) is 0 Å². The summed E-state index contributed by atoms with van der Waals surface area (Å²) in [7, 11) is 0. The number of amides is 1. The molecule has 2 rings (SSSR count). The second kappa shape index (κ2) is 3.87. The number of carbonyl (C=O) groups excluding carboxylic acids is 1. The number of carbonyl (C=O) groups is 1. The van der Waals surface area contributed by atoms with Crippen LogP contribution in [0.4, 0.5) is 4.79 Å². The minimum absolute atomic E-state index is 0.0899. The summed E-state index contributed by atoms with van der Waals surface area (Å²) in [4.78, 5) is 11.5. The molecule has 0 unspecified atom stereocenters. The summed E-state index contributed by atoms with van der Waals surface area (Å²) < 4.78 is 5.18. The predicted octanol–water partition coefficient (Wildman–Crippen LogP) is 2.06. The van der Waals surface area contributed by atoms with Crippen molar-refractivity contribution < 1.29 is 14.6 Å². The first kappa shape index (κ1) is 12.7. The number of aliphatic hydroxyl groups is 1. The highest BCUT2D eigenvalue weighted by molar-refractivity contribution is 5.67. The highest BCUT2D eigenvalue weighted by Gasteiger charge is 2.60. The largest absolute Gasteiger partial charge is 0.444 e. The van der Waals surface area contributed by atoms with Gasteiger partial charge in [-0.25, -0.2) is 4.79 Å². The summed E-state index contributed by atoms with van der Waals surface area (Å²) in [5, 5.41) is 12.2. The van der Waals surface area contributed by atoms with Gasteiger partial charge in [-0.15, -0.1) is 0 Å². The third-order valence-electron chi connectivity index (χ3n) is 3.80. The van der Waals surface area contributed by atoms with E-state index in [1.807, 2.05) is 20.8 Å². The Bertz CT molecular complexity index is 307. The van der Waals surface area contributed by atoms with Crippen molar-refractivity contribution >= 4 is 6.09 Å². The molecule has 0 aromatic heterocycles. The molecule has 4 nitrogen and oxygen atoms in total. The highest BCUT2D eigenvalue weighted by atomic mass is 16.6. The zero-order chi connectivity index (χ0) is 12.7. The van der Waals surface area contributed by atoms with Crippen molar-refractivity contribution in [1.29, 1.82) is 0 Å². The molecule has 0 heterocycles. The number of aliphatic hydroxyl groups excluding tert-OH is 1. The maximum Gasteiger partial charge on any atom is 0.407 e. The molecule has 98 valence electrons. The lowest BCUT2D eigenvalue weighted by atomic mass is 9.60. The van der Waals surface area contributed by atoms with Crippen LogP contribution in [0.3, 0.4) is 0 Å². The van der Waals surface area contributed by atoms with Crippen LogP contribution in [0.1, 0.15) is 46.5 Å². The van der Waals surface area contributed by atoms with E-state index in [1.165, 1.54) is 12.8 Å². The van der Waals surface area contributed by atoms with E-state index in [0.717, 1.165) is 12.8 Å². The summed E-state index contributed by atoms with van der Waals surface area (Å²) in [5.74, 6) is 0. The minimum atomic E-state index is -0.464. The Labute approximate surface area is 103 Å². The zero-order valence-corrected chi connectivity index (χ0v) is 11.0. The Kier molecular flexibility index (Phi) is 2.89. The summed E-state index contributed by atoms with van der Waals surface area (Å²) in [5.41, 5.74) is -0.0282. The van der Waals surface area contributed by atoms with Gasteiger partial charge in [0, 0.05) is 12.0 Å². The molecular formula is C13H23NO3. The molecular weight excluding hydrogens is 218 g/mol. The molecule has 0 saturated heterocycles. The van der Waals surface area contributed by atoms with E-state index in [2.05, 4.69) is 5.32 Å². The number of ether oxygens (including phenoxy) is 1. The number of nitrogens with one attached hydrogen (secondary N) is 1. The van der Waals surface area contributed by atoms with Crippen LogP contribution in [0, 0.1) is 10.8 Å². The second-order valence-corrected chi connectivity index (χ2v) is 6.87. The van der Waals surface area contributed by atoms with E-state index in [9.17, 15) is 9.90 Å². The van der Waals surface area contributed by atoms with Crippen LogP contribution >= 0.6 is 0 Å².